The van der Waals surface area contributed by atoms with Gasteiger partial charge in [-0.05, 0) is 55.1 Å². The average molecular weight is 343 g/mol. The van der Waals surface area contributed by atoms with Crippen LogP contribution in [-0.4, -0.2) is 27.6 Å². The second kappa shape index (κ2) is 5.99. The number of carboxylic acids is 1. The maximum Gasteiger partial charge on any atom is 0.306 e. The third-order valence-corrected chi connectivity index (χ3v) is 4.15. The van der Waals surface area contributed by atoms with Gasteiger partial charge in [0.15, 0.2) is 0 Å². The second-order valence-corrected chi connectivity index (χ2v) is 6.48. The molecule has 20 heavy (non-hydrogen) atoms. The highest BCUT2D eigenvalue weighted by Gasteiger charge is 2.31. The Morgan fingerprint density at radius 1 is 1.45 bits per heavy atom. The minimum atomic E-state index is -0.768. The molecular weight excluding hydrogens is 324 g/mol. The van der Waals surface area contributed by atoms with E-state index in [1.165, 1.54) is 0 Å². The molecule has 0 unspecified atom stereocenters. The zero-order chi connectivity index (χ0) is 14.9. The molecule has 0 aromatic carbocycles. The monoisotopic (exact) mass is 342 g/mol. The van der Waals surface area contributed by atoms with E-state index in [1.807, 2.05) is 24.6 Å². The number of carboxylic acid groups (broad SMARTS) is 1. The van der Waals surface area contributed by atoms with Gasteiger partial charge in [-0.25, -0.2) is 0 Å². The molecule has 0 radical (unpaired) electrons. The van der Waals surface area contributed by atoms with Crippen molar-refractivity contribution in [3.63, 3.8) is 0 Å². The van der Waals surface area contributed by atoms with Gasteiger partial charge in [-0.2, -0.15) is 0 Å². The number of nitrogens with one attached hydrogen (secondary N) is 1. The molecule has 1 aromatic rings. The van der Waals surface area contributed by atoms with E-state index < -0.39 is 5.97 Å². The zero-order valence-corrected chi connectivity index (χ0v) is 13.2. The van der Waals surface area contributed by atoms with Crippen LogP contribution in [0.5, 0.6) is 0 Å². The van der Waals surface area contributed by atoms with Crippen molar-refractivity contribution in [2.45, 2.75) is 45.2 Å². The Morgan fingerprint density at radius 3 is 2.70 bits per heavy atom. The third kappa shape index (κ3) is 3.23. The molecule has 0 bridgehead atoms. The number of carbonyl (C=O) groups is 2. The van der Waals surface area contributed by atoms with Gasteiger partial charge < -0.3 is 15.0 Å². The fraction of sp³-hybridized carbons (Fsp3) is 0.571. The van der Waals surface area contributed by atoms with Crippen LogP contribution in [0.3, 0.4) is 0 Å². The van der Waals surface area contributed by atoms with Crippen molar-refractivity contribution in [2.75, 3.05) is 0 Å². The summed E-state index contributed by atoms with van der Waals surface area (Å²) in [6.45, 7) is 4.03. The van der Waals surface area contributed by atoms with E-state index >= 15 is 0 Å². The molecule has 0 saturated heterocycles. The molecular formula is C14H19BrN2O3. The van der Waals surface area contributed by atoms with Gasteiger partial charge in [0.25, 0.3) is 5.91 Å². The Kier molecular flexibility index (Phi) is 4.52. The van der Waals surface area contributed by atoms with Crippen molar-refractivity contribution < 1.29 is 14.7 Å². The van der Waals surface area contributed by atoms with Crippen LogP contribution in [0.2, 0.25) is 0 Å². The number of hydrogen-bond donors (Lipinski definition) is 2. The van der Waals surface area contributed by atoms with E-state index in [4.69, 9.17) is 5.11 Å². The number of nitrogens with zero attached hydrogens (tertiary/aromatic N) is 1. The van der Waals surface area contributed by atoms with E-state index in [1.54, 1.807) is 6.07 Å². The van der Waals surface area contributed by atoms with Crippen molar-refractivity contribution in [3.05, 3.63) is 22.4 Å². The highest BCUT2D eigenvalue weighted by molar-refractivity contribution is 9.10. The SMILES string of the molecule is CC(C)n1cc(Br)cc1C(=O)N[C@H]1CC[C@@H](C(=O)O)C1. The molecule has 1 heterocycles. The van der Waals surface area contributed by atoms with Crippen LogP contribution in [-0.2, 0) is 4.79 Å². The lowest BCUT2D eigenvalue weighted by atomic mass is 10.1. The minimum absolute atomic E-state index is 0.0436. The summed E-state index contributed by atoms with van der Waals surface area (Å²) in [4.78, 5) is 23.2. The summed E-state index contributed by atoms with van der Waals surface area (Å²) >= 11 is 3.38. The van der Waals surface area contributed by atoms with Crippen molar-refractivity contribution >= 4 is 27.8 Å². The first-order chi connectivity index (χ1) is 9.38. The normalized spacial score (nSPS) is 22.2. The number of aromatic nitrogens is 1. The summed E-state index contributed by atoms with van der Waals surface area (Å²) in [5.41, 5.74) is 0.602. The molecule has 2 rings (SSSR count). The van der Waals surface area contributed by atoms with Crippen molar-refractivity contribution in [3.8, 4) is 0 Å². The first-order valence-electron chi connectivity index (χ1n) is 6.79. The van der Waals surface area contributed by atoms with E-state index in [0.29, 0.717) is 18.5 Å². The summed E-state index contributed by atoms with van der Waals surface area (Å²) in [5, 5.41) is 11.9. The number of halogens is 1. The van der Waals surface area contributed by atoms with Crippen LogP contribution in [0.1, 0.15) is 49.6 Å². The van der Waals surface area contributed by atoms with Crippen molar-refractivity contribution in [1.82, 2.24) is 9.88 Å². The van der Waals surface area contributed by atoms with E-state index in [-0.39, 0.29) is 23.9 Å². The van der Waals surface area contributed by atoms with E-state index in [2.05, 4.69) is 21.2 Å². The predicted molar refractivity (Wildman–Crippen MR) is 78.7 cm³/mol. The standard InChI is InChI=1S/C14H19BrN2O3/c1-8(2)17-7-10(15)6-12(17)13(18)16-11-4-3-9(5-11)14(19)20/h6-9,11H,3-5H2,1-2H3,(H,16,18)(H,19,20)/t9-,11+/m1/s1. The smallest absolute Gasteiger partial charge is 0.306 e. The van der Waals surface area contributed by atoms with Gasteiger partial charge in [-0.1, -0.05) is 0 Å². The van der Waals surface area contributed by atoms with Gasteiger partial charge >= 0.3 is 5.97 Å². The predicted octanol–water partition coefficient (Wildman–Crippen LogP) is 2.81. The van der Waals surface area contributed by atoms with Crippen LogP contribution >= 0.6 is 15.9 Å². The van der Waals surface area contributed by atoms with Gasteiger partial charge in [0.2, 0.25) is 0 Å². The van der Waals surface area contributed by atoms with Gasteiger partial charge in [0.05, 0.1) is 5.92 Å². The highest BCUT2D eigenvalue weighted by Crippen LogP contribution is 2.26. The van der Waals surface area contributed by atoms with Gasteiger partial charge in [-0.15, -0.1) is 0 Å². The summed E-state index contributed by atoms with van der Waals surface area (Å²) in [5.74, 6) is -1.24. The number of hydrogen-bond acceptors (Lipinski definition) is 2. The molecule has 1 fully saturated rings. The quantitative estimate of drug-likeness (QED) is 0.883. The topological polar surface area (TPSA) is 71.3 Å². The van der Waals surface area contributed by atoms with Gasteiger partial charge in [0, 0.05) is 22.8 Å². The Morgan fingerprint density at radius 2 is 2.15 bits per heavy atom. The summed E-state index contributed by atoms with van der Waals surface area (Å²) in [6, 6.07) is 1.94. The van der Waals surface area contributed by atoms with Crippen LogP contribution in [0.15, 0.2) is 16.7 Å². The first-order valence-corrected chi connectivity index (χ1v) is 7.58. The van der Waals surface area contributed by atoms with Crippen LogP contribution in [0.4, 0.5) is 0 Å². The van der Waals surface area contributed by atoms with Crippen LogP contribution in [0, 0.1) is 5.92 Å². The minimum Gasteiger partial charge on any atom is -0.481 e. The molecule has 2 atom stereocenters. The number of rotatable bonds is 4. The average Bonchev–Trinajstić information content (AvgIpc) is 2.95. The lowest BCUT2D eigenvalue weighted by Crippen LogP contribution is -2.34. The number of aliphatic carboxylic acids is 1. The molecule has 2 N–H and O–H groups in total. The van der Waals surface area contributed by atoms with E-state index in [0.717, 1.165) is 10.9 Å². The molecule has 1 aromatic heterocycles. The fourth-order valence-corrected chi connectivity index (χ4v) is 3.09. The fourth-order valence-electron chi connectivity index (χ4n) is 2.65. The number of amides is 1. The number of carbonyl (C=O) groups excluding carboxylic acids is 1. The largest absolute Gasteiger partial charge is 0.481 e. The molecule has 1 aliphatic carbocycles. The highest BCUT2D eigenvalue weighted by atomic mass is 79.9. The first kappa shape index (κ1) is 15.1. The van der Waals surface area contributed by atoms with E-state index in [9.17, 15) is 9.59 Å². The summed E-state index contributed by atoms with van der Waals surface area (Å²) in [6.07, 6.45) is 3.76. The molecule has 1 saturated carbocycles. The molecule has 110 valence electrons. The Balaban J connectivity index is 2.04. The Bertz CT molecular complexity index is 524. The zero-order valence-electron chi connectivity index (χ0n) is 11.6. The maximum absolute atomic E-state index is 12.3. The van der Waals surface area contributed by atoms with Crippen LogP contribution in [0.25, 0.3) is 0 Å². The second-order valence-electron chi connectivity index (χ2n) is 5.56. The Hall–Kier alpha value is -1.30. The van der Waals surface area contributed by atoms with Crippen molar-refractivity contribution in [2.24, 2.45) is 5.92 Å². The maximum atomic E-state index is 12.3. The summed E-state index contributed by atoms with van der Waals surface area (Å²) in [7, 11) is 0. The third-order valence-electron chi connectivity index (χ3n) is 3.72. The van der Waals surface area contributed by atoms with Gasteiger partial charge in [-0.3, -0.25) is 9.59 Å². The molecule has 1 amide bonds. The molecule has 1 aliphatic rings. The van der Waals surface area contributed by atoms with Crippen LogP contribution < -0.4 is 5.32 Å². The molecule has 0 aliphatic heterocycles. The molecule has 6 heteroatoms. The summed E-state index contributed by atoms with van der Waals surface area (Å²) < 4.78 is 2.77. The molecule has 5 nitrogen and oxygen atoms in total. The molecule has 0 spiro atoms. The Labute approximate surface area is 126 Å². The lowest BCUT2D eigenvalue weighted by molar-refractivity contribution is -0.141. The van der Waals surface area contributed by atoms with Gasteiger partial charge in [0.1, 0.15) is 5.69 Å². The lowest BCUT2D eigenvalue weighted by Gasteiger charge is -2.16. The van der Waals surface area contributed by atoms with Crippen molar-refractivity contribution in [1.29, 1.82) is 0 Å².